The van der Waals surface area contributed by atoms with Crippen molar-refractivity contribution in [2.24, 2.45) is 10.9 Å². The van der Waals surface area contributed by atoms with Gasteiger partial charge in [0.25, 0.3) is 5.91 Å². The van der Waals surface area contributed by atoms with Crippen LogP contribution in [0.4, 0.5) is 0 Å². The summed E-state index contributed by atoms with van der Waals surface area (Å²) in [7, 11) is 1.66. The van der Waals surface area contributed by atoms with E-state index in [2.05, 4.69) is 31.0 Å². The summed E-state index contributed by atoms with van der Waals surface area (Å²) in [6.07, 6.45) is 0. The third-order valence-corrected chi connectivity index (χ3v) is 7.18. The van der Waals surface area contributed by atoms with Crippen LogP contribution in [0.1, 0.15) is 37.9 Å². The lowest BCUT2D eigenvalue weighted by Gasteiger charge is -2.37. The van der Waals surface area contributed by atoms with E-state index >= 15 is 0 Å². The van der Waals surface area contributed by atoms with Gasteiger partial charge in [-0.1, -0.05) is 61.3 Å². The molecule has 2 aromatic rings. The number of nitrogens with zero attached hydrogens (tertiary/aromatic N) is 2. The Morgan fingerprint density at radius 1 is 1.10 bits per heavy atom. The second-order valence-electron chi connectivity index (χ2n) is 7.92. The lowest BCUT2D eigenvalue weighted by molar-refractivity contribution is -0.116. The minimum Gasteiger partial charge on any atom is -0.355 e. The zero-order chi connectivity index (χ0) is 21.6. The molecule has 0 aromatic heterocycles. The Morgan fingerprint density at radius 2 is 1.67 bits per heavy atom. The van der Waals surface area contributed by atoms with E-state index in [1.807, 2.05) is 48.5 Å². The maximum Gasteiger partial charge on any atom is 0.259 e. The van der Waals surface area contributed by atoms with Crippen LogP contribution < -0.4 is 5.32 Å². The van der Waals surface area contributed by atoms with Gasteiger partial charge in [-0.05, 0) is 60.0 Å². The highest BCUT2D eigenvalue weighted by Crippen LogP contribution is 2.56. The molecule has 0 saturated heterocycles. The van der Waals surface area contributed by atoms with Crippen LogP contribution in [-0.2, 0) is 10.3 Å². The number of halogens is 2. The van der Waals surface area contributed by atoms with Gasteiger partial charge in [0.15, 0.2) is 5.17 Å². The quantitative estimate of drug-likeness (QED) is 0.611. The predicted molar refractivity (Wildman–Crippen MR) is 126 cm³/mol. The average molecular weight is 460 g/mol. The summed E-state index contributed by atoms with van der Waals surface area (Å²) >= 11 is 13.8. The first kappa shape index (κ1) is 21.3. The van der Waals surface area contributed by atoms with Crippen molar-refractivity contribution in [2.75, 3.05) is 7.05 Å². The van der Waals surface area contributed by atoms with Crippen LogP contribution in [0.2, 0.25) is 10.0 Å². The van der Waals surface area contributed by atoms with Gasteiger partial charge in [0.1, 0.15) is 5.54 Å². The Balaban J connectivity index is 1.91. The van der Waals surface area contributed by atoms with E-state index in [0.717, 1.165) is 22.0 Å². The molecule has 0 spiro atoms. The third-order valence-electron chi connectivity index (χ3n) is 5.60. The van der Waals surface area contributed by atoms with Gasteiger partial charge in [0.05, 0.1) is 10.9 Å². The van der Waals surface area contributed by atoms with Gasteiger partial charge < -0.3 is 10.2 Å². The van der Waals surface area contributed by atoms with E-state index in [1.165, 1.54) is 11.8 Å². The highest BCUT2D eigenvalue weighted by atomic mass is 35.5. The molecule has 0 radical (unpaired) electrons. The second-order valence-corrected chi connectivity index (χ2v) is 9.77. The summed E-state index contributed by atoms with van der Waals surface area (Å²) in [5.41, 5.74) is 2.61. The average Bonchev–Trinajstić information content (AvgIpc) is 3.21. The molecule has 156 valence electrons. The van der Waals surface area contributed by atoms with Gasteiger partial charge in [-0.15, -0.1) is 0 Å². The van der Waals surface area contributed by atoms with Gasteiger partial charge in [0.2, 0.25) is 0 Å². The molecular formula is C23H23Cl2N3OS. The minimum atomic E-state index is -0.547. The molecule has 2 heterocycles. The van der Waals surface area contributed by atoms with E-state index < -0.39 is 5.54 Å². The largest absolute Gasteiger partial charge is 0.355 e. The molecule has 4 nitrogen and oxygen atoms in total. The maximum absolute atomic E-state index is 12.6. The minimum absolute atomic E-state index is 0.0798. The molecule has 2 aliphatic rings. The summed E-state index contributed by atoms with van der Waals surface area (Å²) in [6, 6.07) is 15.6. The fourth-order valence-corrected chi connectivity index (χ4v) is 5.79. The summed E-state index contributed by atoms with van der Waals surface area (Å²) < 4.78 is 0. The van der Waals surface area contributed by atoms with Crippen LogP contribution in [0.15, 0.2) is 64.1 Å². The Morgan fingerprint density at radius 3 is 2.20 bits per heavy atom. The fourth-order valence-electron chi connectivity index (χ4n) is 4.19. The number of carbonyl (C=O) groups excluding carboxylic acids is 1. The zero-order valence-electron chi connectivity index (χ0n) is 17.2. The number of allylic oxidation sites excluding steroid dienone is 1. The van der Waals surface area contributed by atoms with Gasteiger partial charge >= 0.3 is 0 Å². The summed E-state index contributed by atoms with van der Waals surface area (Å²) in [5, 5.41) is 4.99. The van der Waals surface area contributed by atoms with Crippen molar-refractivity contribution in [1.29, 1.82) is 0 Å². The fraction of sp³-hybridized carbons (Fsp3) is 0.304. The molecular weight excluding hydrogens is 437 g/mol. The Hall–Kier alpha value is -1.95. The molecule has 0 bridgehead atoms. The number of rotatable bonds is 4. The number of benzene rings is 2. The molecule has 4 rings (SSSR count). The number of likely N-dealkylation sites (N-methyl/N-ethyl adjacent to an activating group) is 1. The number of nitrogens with one attached hydrogen (secondary N) is 1. The molecule has 2 aliphatic heterocycles. The van der Waals surface area contributed by atoms with E-state index in [-0.39, 0.29) is 17.9 Å². The van der Waals surface area contributed by atoms with Crippen molar-refractivity contribution in [3.63, 3.8) is 0 Å². The lowest BCUT2D eigenvalue weighted by Crippen LogP contribution is -2.36. The van der Waals surface area contributed by atoms with Crippen LogP contribution in [0.25, 0.3) is 0 Å². The topological polar surface area (TPSA) is 44.7 Å². The summed E-state index contributed by atoms with van der Waals surface area (Å²) in [5.74, 6) is 0.0729. The number of fused-ring (bicyclic) bond motifs is 1. The number of amidine groups is 1. The summed E-state index contributed by atoms with van der Waals surface area (Å²) in [4.78, 5) is 20.7. The first-order valence-corrected chi connectivity index (χ1v) is 11.4. The predicted octanol–water partition coefficient (Wildman–Crippen LogP) is 5.98. The van der Waals surface area contributed by atoms with Crippen molar-refractivity contribution < 1.29 is 4.79 Å². The van der Waals surface area contributed by atoms with Gasteiger partial charge in [-0.3, -0.25) is 4.79 Å². The molecule has 30 heavy (non-hydrogen) atoms. The van der Waals surface area contributed by atoms with Gasteiger partial charge in [-0.25, -0.2) is 4.99 Å². The van der Waals surface area contributed by atoms with E-state index in [9.17, 15) is 4.79 Å². The monoisotopic (exact) mass is 459 g/mol. The number of hydrogen-bond acceptors (Lipinski definition) is 4. The summed E-state index contributed by atoms with van der Waals surface area (Å²) in [6.45, 7) is 6.36. The van der Waals surface area contributed by atoms with Crippen molar-refractivity contribution in [1.82, 2.24) is 10.2 Å². The number of amides is 1. The van der Waals surface area contributed by atoms with Crippen LogP contribution in [0.5, 0.6) is 0 Å². The van der Waals surface area contributed by atoms with Crippen molar-refractivity contribution in [2.45, 2.75) is 32.4 Å². The van der Waals surface area contributed by atoms with Gasteiger partial charge in [-0.2, -0.15) is 0 Å². The normalized spacial score (nSPS) is 23.1. The molecule has 2 aromatic carbocycles. The van der Waals surface area contributed by atoms with E-state index in [0.29, 0.717) is 15.0 Å². The van der Waals surface area contributed by atoms with Crippen molar-refractivity contribution in [3.05, 3.63) is 80.3 Å². The molecule has 0 aliphatic carbocycles. The van der Waals surface area contributed by atoms with Crippen LogP contribution >= 0.6 is 35.0 Å². The van der Waals surface area contributed by atoms with Crippen LogP contribution in [-0.4, -0.2) is 23.0 Å². The molecule has 0 fully saturated rings. The number of thioether (sulfide) groups is 1. The molecule has 2 atom stereocenters. The second kappa shape index (κ2) is 7.95. The highest BCUT2D eigenvalue weighted by molar-refractivity contribution is 8.18. The molecule has 1 N–H and O–H groups in total. The lowest BCUT2D eigenvalue weighted by atomic mass is 9.81. The highest BCUT2D eigenvalue weighted by Gasteiger charge is 2.52. The Labute approximate surface area is 191 Å². The zero-order valence-corrected chi connectivity index (χ0v) is 19.6. The standard InChI is InChI=1S/C23H23Cl2N3OS/c1-13(2)18-19(21(29)26-4)30-22-27-23(3,15-7-11-17(25)12-8-15)20(28(18)22)14-5-9-16(24)10-6-14/h5-13,20H,1-4H3,(H,26,29). The van der Waals surface area contributed by atoms with E-state index in [1.54, 1.807) is 7.05 Å². The number of carbonyl (C=O) groups is 1. The molecule has 1 amide bonds. The Kier molecular flexibility index (Phi) is 5.64. The first-order valence-electron chi connectivity index (χ1n) is 9.81. The molecule has 2 unspecified atom stereocenters. The SMILES string of the molecule is CNC(=O)C1=C(C(C)C)N2C(=NC(C)(c3ccc(Cl)cc3)C2c2ccc(Cl)cc2)S1. The van der Waals surface area contributed by atoms with Crippen LogP contribution in [0.3, 0.4) is 0 Å². The maximum atomic E-state index is 12.6. The Bertz CT molecular complexity index is 1050. The van der Waals surface area contributed by atoms with Crippen molar-refractivity contribution >= 4 is 46.0 Å². The molecule has 0 saturated carbocycles. The molecule has 7 heteroatoms. The number of aliphatic imine (C=N–C) groups is 1. The van der Waals surface area contributed by atoms with Gasteiger partial charge in [0, 0.05) is 22.8 Å². The van der Waals surface area contributed by atoms with Crippen LogP contribution in [0, 0.1) is 5.92 Å². The number of hydrogen-bond donors (Lipinski definition) is 1. The first-order chi connectivity index (χ1) is 14.3. The third kappa shape index (κ3) is 3.43. The van der Waals surface area contributed by atoms with E-state index in [4.69, 9.17) is 28.2 Å². The smallest absolute Gasteiger partial charge is 0.259 e. The van der Waals surface area contributed by atoms with Crippen molar-refractivity contribution in [3.8, 4) is 0 Å².